The highest BCUT2D eigenvalue weighted by Gasteiger charge is 2.37. The SMILES string of the molecule is Cn1cnc(CN2c3ccccc3CN(S(=O)(=O)N3CCCCCC3)CC2CCC2CCCC2)c1. The van der Waals surface area contributed by atoms with Crippen molar-refractivity contribution in [2.75, 3.05) is 24.5 Å². The van der Waals surface area contributed by atoms with Crippen LogP contribution in [0.4, 0.5) is 5.69 Å². The van der Waals surface area contributed by atoms with Crippen molar-refractivity contribution in [3.8, 4) is 0 Å². The average Bonchev–Trinajstić information content (AvgIpc) is 3.38. The van der Waals surface area contributed by atoms with Crippen molar-refractivity contribution in [3.63, 3.8) is 0 Å². The Kier molecular flexibility index (Phi) is 7.80. The fraction of sp³-hybridized carbons (Fsp3) is 0.667. The number of benzene rings is 1. The number of anilines is 1. The molecule has 8 heteroatoms. The molecule has 1 aromatic carbocycles. The first-order valence-electron chi connectivity index (χ1n) is 13.6. The van der Waals surface area contributed by atoms with E-state index in [2.05, 4.69) is 34.3 Å². The van der Waals surface area contributed by atoms with E-state index in [4.69, 9.17) is 0 Å². The van der Waals surface area contributed by atoms with Crippen LogP contribution < -0.4 is 4.90 Å². The van der Waals surface area contributed by atoms with E-state index in [1.165, 1.54) is 32.1 Å². The number of para-hydroxylation sites is 1. The summed E-state index contributed by atoms with van der Waals surface area (Å²) in [6.45, 7) is 2.96. The summed E-state index contributed by atoms with van der Waals surface area (Å²) in [5, 5.41) is 0. The molecule has 0 amide bonds. The van der Waals surface area contributed by atoms with Gasteiger partial charge in [-0.15, -0.1) is 0 Å². The van der Waals surface area contributed by atoms with Gasteiger partial charge >= 0.3 is 0 Å². The lowest BCUT2D eigenvalue weighted by molar-refractivity contribution is 0.312. The zero-order chi connectivity index (χ0) is 24.3. The minimum atomic E-state index is -3.52. The Morgan fingerprint density at radius 2 is 1.69 bits per heavy atom. The molecule has 0 spiro atoms. The Labute approximate surface area is 211 Å². The maximum Gasteiger partial charge on any atom is 0.282 e. The van der Waals surface area contributed by atoms with Gasteiger partial charge in [0.2, 0.25) is 0 Å². The molecule has 1 aromatic heterocycles. The quantitative estimate of drug-likeness (QED) is 0.554. The van der Waals surface area contributed by atoms with Crippen molar-refractivity contribution in [2.45, 2.75) is 83.3 Å². The number of aromatic nitrogens is 2. The van der Waals surface area contributed by atoms with Crippen molar-refractivity contribution in [1.82, 2.24) is 18.2 Å². The molecule has 2 fully saturated rings. The molecule has 2 aromatic rings. The van der Waals surface area contributed by atoms with Gasteiger partial charge < -0.3 is 9.47 Å². The van der Waals surface area contributed by atoms with Crippen LogP contribution in [0, 0.1) is 5.92 Å². The molecule has 35 heavy (non-hydrogen) atoms. The number of nitrogens with zero attached hydrogens (tertiary/aromatic N) is 5. The van der Waals surface area contributed by atoms with Crippen LogP contribution in [0.25, 0.3) is 0 Å². The minimum absolute atomic E-state index is 0.128. The molecule has 1 atom stereocenters. The standard InChI is InChI=1S/C27H41N5O2S/c1-29-19-25(28-22-29)20-32-26(15-14-23-10-4-5-11-23)21-31(18-24-12-6-7-13-27(24)32)35(33,34)30-16-8-2-3-9-17-30/h6-7,12-13,19,22-23,26H,2-5,8-11,14-18,20-21H2,1H3. The molecule has 1 aliphatic carbocycles. The second kappa shape index (κ2) is 11.0. The number of rotatable bonds is 7. The number of aryl methyl sites for hydroxylation is 1. The summed E-state index contributed by atoms with van der Waals surface area (Å²) in [7, 11) is -1.52. The van der Waals surface area contributed by atoms with E-state index < -0.39 is 10.2 Å². The molecule has 3 aliphatic rings. The van der Waals surface area contributed by atoms with Gasteiger partial charge in [0.1, 0.15) is 0 Å². The van der Waals surface area contributed by atoms with Gasteiger partial charge in [0.05, 0.1) is 18.6 Å². The van der Waals surface area contributed by atoms with Gasteiger partial charge in [0.25, 0.3) is 10.2 Å². The summed E-state index contributed by atoms with van der Waals surface area (Å²) in [5.74, 6) is 0.779. The molecule has 0 N–H and O–H groups in total. The highest BCUT2D eigenvalue weighted by atomic mass is 32.2. The molecule has 7 nitrogen and oxygen atoms in total. The fourth-order valence-electron chi connectivity index (χ4n) is 6.23. The summed E-state index contributed by atoms with van der Waals surface area (Å²) in [5.41, 5.74) is 3.27. The third-order valence-corrected chi connectivity index (χ3v) is 10.1. The maximum atomic E-state index is 13.9. The van der Waals surface area contributed by atoms with Crippen LogP contribution >= 0.6 is 0 Å². The van der Waals surface area contributed by atoms with E-state index in [-0.39, 0.29) is 6.04 Å². The molecule has 1 unspecified atom stereocenters. The zero-order valence-corrected chi connectivity index (χ0v) is 22.0. The first-order chi connectivity index (χ1) is 17.0. The lowest BCUT2D eigenvalue weighted by Gasteiger charge is -2.35. The predicted molar refractivity (Wildman–Crippen MR) is 140 cm³/mol. The van der Waals surface area contributed by atoms with Gasteiger partial charge in [-0.25, -0.2) is 4.98 Å². The van der Waals surface area contributed by atoms with Crippen LogP contribution in [-0.2, 0) is 30.3 Å². The third-order valence-electron chi connectivity index (χ3n) is 8.19. The molecule has 0 radical (unpaired) electrons. The molecular formula is C27H41N5O2S. The Morgan fingerprint density at radius 1 is 0.943 bits per heavy atom. The normalized spacial score (nSPS) is 23.2. The highest BCUT2D eigenvalue weighted by Crippen LogP contribution is 2.35. The largest absolute Gasteiger partial charge is 0.361 e. The summed E-state index contributed by atoms with van der Waals surface area (Å²) in [4.78, 5) is 7.07. The Bertz CT molecular complexity index is 1070. The second-order valence-corrected chi connectivity index (χ2v) is 12.7. The van der Waals surface area contributed by atoms with Crippen molar-refractivity contribution in [1.29, 1.82) is 0 Å². The van der Waals surface area contributed by atoms with Crippen LogP contribution in [0.1, 0.15) is 75.5 Å². The van der Waals surface area contributed by atoms with E-state index >= 15 is 0 Å². The molecule has 1 saturated heterocycles. The van der Waals surface area contributed by atoms with Gasteiger partial charge in [0.15, 0.2) is 0 Å². The van der Waals surface area contributed by atoms with Crippen LogP contribution in [0.5, 0.6) is 0 Å². The fourth-order valence-corrected chi connectivity index (χ4v) is 7.94. The van der Waals surface area contributed by atoms with E-state index in [9.17, 15) is 8.42 Å². The molecule has 1 saturated carbocycles. The van der Waals surface area contributed by atoms with Crippen LogP contribution in [-0.4, -0.2) is 52.3 Å². The summed E-state index contributed by atoms with van der Waals surface area (Å²) in [6, 6.07) is 8.52. The average molecular weight is 500 g/mol. The van der Waals surface area contributed by atoms with Gasteiger partial charge in [-0.1, -0.05) is 56.7 Å². The lowest BCUT2D eigenvalue weighted by atomic mass is 9.97. The Hall–Kier alpha value is -1.90. The molecule has 3 heterocycles. The van der Waals surface area contributed by atoms with E-state index in [0.717, 1.165) is 55.0 Å². The molecular weight excluding hydrogens is 458 g/mol. The van der Waals surface area contributed by atoms with Crippen LogP contribution in [0.3, 0.4) is 0 Å². The highest BCUT2D eigenvalue weighted by molar-refractivity contribution is 7.86. The summed E-state index contributed by atoms with van der Waals surface area (Å²) < 4.78 is 33.4. The molecule has 192 valence electrons. The number of hydrogen-bond donors (Lipinski definition) is 0. The number of fused-ring (bicyclic) bond motifs is 1. The van der Waals surface area contributed by atoms with Crippen LogP contribution in [0.2, 0.25) is 0 Å². The van der Waals surface area contributed by atoms with Gasteiger partial charge in [-0.05, 0) is 43.2 Å². The lowest BCUT2D eigenvalue weighted by Crippen LogP contribution is -2.48. The maximum absolute atomic E-state index is 13.9. The van der Waals surface area contributed by atoms with Crippen molar-refractivity contribution in [2.24, 2.45) is 13.0 Å². The third kappa shape index (κ3) is 5.75. The van der Waals surface area contributed by atoms with Gasteiger partial charge in [0, 0.05) is 51.2 Å². The van der Waals surface area contributed by atoms with Crippen LogP contribution in [0.15, 0.2) is 36.8 Å². The van der Waals surface area contributed by atoms with E-state index in [1.54, 1.807) is 8.61 Å². The Balaban J connectivity index is 1.47. The minimum Gasteiger partial charge on any atom is -0.361 e. The molecule has 5 rings (SSSR count). The van der Waals surface area contributed by atoms with Crippen molar-refractivity contribution >= 4 is 15.9 Å². The Morgan fingerprint density at radius 3 is 2.40 bits per heavy atom. The number of hydrogen-bond acceptors (Lipinski definition) is 4. The second-order valence-electron chi connectivity index (χ2n) is 10.8. The summed E-state index contributed by atoms with van der Waals surface area (Å²) in [6.07, 6.45) is 15.6. The topological polar surface area (TPSA) is 61.7 Å². The molecule has 0 bridgehead atoms. The van der Waals surface area contributed by atoms with Crippen molar-refractivity contribution in [3.05, 3.63) is 48.0 Å². The zero-order valence-electron chi connectivity index (χ0n) is 21.2. The van der Waals surface area contributed by atoms with E-state index in [0.29, 0.717) is 32.7 Å². The molecule has 2 aliphatic heterocycles. The van der Waals surface area contributed by atoms with Gasteiger partial charge in [-0.2, -0.15) is 17.0 Å². The summed E-state index contributed by atoms with van der Waals surface area (Å²) >= 11 is 0. The van der Waals surface area contributed by atoms with Gasteiger partial charge in [-0.3, -0.25) is 0 Å². The predicted octanol–water partition coefficient (Wildman–Crippen LogP) is 4.70. The smallest absolute Gasteiger partial charge is 0.282 e. The van der Waals surface area contributed by atoms with E-state index in [1.807, 2.05) is 24.0 Å². The monoisotopic (exact) mass is 499 g/mol. The first kappa shape index (κ1) is 24.8. The number of imidazole rings is 1. The van der Waals surface area contributed by atoms with Crippen molar-refractivity contribution < 1.29 is 8.42 Å². The first-order valence-corrected chi connectivity index (χ1v) is 15.0.